The van der Waals surface area contributed by atoms with Crippen molar-refractivity contribution in [2.75, 3.05) is 12.7 Å². The van der Waals surface area contributed by atoms with Crippen molar-refractivity contribution in [1.29, 1.82) is 0 Å². The lowest BCUT2D eigenvalue weighted by Crippen LogP contribution is -2.09. The summed E-state index contributed by atoms with van der Waals surface area (Å²) in [5.41, 5.74) is 0. The predicted octanol–water partition coefficient (Wildman–Crippen LogP) is -0.487. The van der Waals surface area contributed by atoms with Crippen molar-refractivity contribution in [3.05, 3.63) is 0 Å². The predicted molar refractivity (Wildman–Crippen MR) is 59.9 cm³/mol. The molecule has 0 radical (unpaired) electrons. The van der Waals surface area contributed by atoms with Gasteiger partial charge in [0, 0.05) is 12.8 Å². The van der Waals surface area contributed by atoms with Crippen LogP contribution in [0.1, 0.15) is 19.3 Å². The van der Waals surface area contributed by atoms with Gasteiger partial charge in [-0.2, -0.15) is 0 Å². The van der Waals surface area contributed by atoms with Crippen LogP contribution in [0.4, 0.5) is 0 Å². The Bertz CT molecular complexity index is 368. The van der Waals surface area contributed by atoms with Crippen LogP contribution >= 0.6 is 15.2 Å². The van der Waals surface area contributed by atoms with Crippen LogP contribution in [-0.4, -0.2) is 44.2 Å². The number of rotatable bonds is 8. The molecule has 0 amide bonds. The van der Waals surface area contributed by atoms with Gasteiger partial charge in [0.15, 0.2) is 12.7 Å². The summed E-state index contributed by atoms with van der Waals surface area (Å²) in [5, 5.41) is 0. The van der Waals surface area contributed by atoms with E-state index in [9.17, 15) is 18.7 Å². The largest absolute Gasteiger partial charge is 0.453 e. The molecule has 0 heterocycles. The number of carbonyl (C=O) groups excluding carboxylic acids is 2. The third-order valence-corrected chi connectivity index (χ3v) is 2.48. The maximum Gasteiger partial charge on any atom is 0.362 e. The Kier molecular flexibility index (Phi) is 7.43. The molecular formula is C7H14O10P2. The first-order valence-corrected chi connectivity index (χ1v) is 8.49. The molecule has 0 aromatic carbocycles. The van der Waals surface area contributed by atoms with Gasteiger partial charge in [-0.1, -0.05) is 0 Å². The molecule has 0 fully saturated rings. The Hall–Kier alpha value is -0.760. The minimum absolute atomic E-state index is 0.0278. The first-order chi connectivity index (χ1) is 8.49. The van der Waals surface area contributed by atoms with Crippen LogP contribution in [0.25, 0.3) is 0 Å². The first kappa shape index (κ1) is 18.2. The van der Waals surface area contributed by atoms with Crippen LogP contribution in [0.3, 0.4) is 0 Å². The molecule has 112 valence electrons. The molecule has 0 aliphatic rings. The molecular weight excluding hydrogens is 306 g/mol. The SMILES string of the molecule is O=C(CCCC(=O)OCP(=O)(O)O)OCP(=O)(O)O. The number of ether oxygens (including phenoxy) is 2. The zero-order chi connectivity index (χ0) is 15.1. The second kappa shape index (κ2) is 7.74. The van der Waals surface area contributed by atoms with Crippen LogP contribution in [0.15, 0.2) is 0 Å². The van der Waals surface area contributed by atoms with Crippen LogP contribution in [0.5, 0.6) is 0 Å². The van der Waals surface area contributed by atoms with Gasteiger partial charge in [0.1, 0.15) is 0 Å². The molecule has 0 aromatic heterocycles. The molecule has 0 rings (SSSR count). The molecule has 0 spiro atoms. The minimum Gasteiger partial charge on any atom is -0.453 e. The highest BCUT2D eigenvalue weighted by Gasteiger charge is 2.18. The second-order valence-corrected chi connectivity index (χ2v) is 6.65. The average molecular weight is 320 g/mol. The van der Waals surface area contributed by atoms with Gasteiger partial charge in [-0.15, -0.1) is 0 Å². The van der Waals surface area contributed by atoms with Crippen molar-refractivity contribution < 1.29 is 47.8 Å². The van der Waals surface area contributed by atoms with E-state index in [-0.39, 0.29) is 19.3 Å². The smallest absolute Gasteiger partial charge is 0.362 e. The lowest BCUT2D eigenvalue weighted by molar-refractivity contribution is -0.144. The molecule has 10 nitrogen and oxygen atoms in total. The molecule has 4 N–H and O–H groups in total. The molecule has 0 saturated heterocycles. The molecule has 0 saturated carbocycles. The molecule has 0 bridgehead atoms. The first-order valence-electron chi connectivity index (χ1n) is 4.90. The third kappa shape index (κ3) is 13.5. The zero-order valence-corrected chi connectivity index (χ0v) is 11.5. The van der Waals surface area contributed by atoms with Gasteiger partial charge in [0.05, 0.1) is 0 Å². The number of esters is 2. The van der Waals surface area contributed by atoms with Gasteiger partial charge in [-0.05, 0) is 6.42 Å². The number of hydrogen-bond donors (Lipinski definition) is 4. The van der Waals surface area contributed by atoms with E-state index >= 15 is 0 Å². The Morgan fingerprint density at radius 1 is 0.789 bits per heavy atom. The number of carbonyl (C=O) groups is 2. The van der Waals surface area contributed by atoms with E-state index in [1.165, 1.54) is 0 Å². The number of hydrogen-bond acceptors (Lipinski definition) is 6. The lowest BCUT2D eigenvalue weighted by atomic mass is 10.2. The van der Waals surface area contributed by atoms with E-state index in [4.69, 9.17) is 19.6 Å². The maximum absolute atomic E-state index is 10.9. The molecule has 0 unspecified atom stereocenters. The van der Waals surface area contributed by atoms with Gasteiger partial charge in [-0.25, -0.2) is 0 Å². The Morgan fingerprint density at radius 3 is 1.37 bits per heavy atom. The van der Waals surface area contributed by atoms with Crippen molar-refractivity contribution in [2.24, 2.45) is 0 Å². The lowest BCUT2D eigenvalue weighted by Gasteiger charge is -2.07. The van der Waals surface area contributed by atoms with Gasteiger partial charge >= 0.3 is 27.1 Å². The van der Waals surface area contributed by atoms with Crippen LogP contribution < -0.4 is 0 Å². The van der Waals surface area contributed by atoms with Crippen molar-refractivity contribution >= 4 is 27.1 Å². The Balaban J connectivity index is 3.73. The summed E-state index contributed by atoms with van der Waals surface area (Å²) in [4.78, 5) is 55.5. The van der Waals surface area contributed by atoms with E-state index in [0.717, 1.165) is 0 Å². The maximum atomic E-state index is 10.9. The summed E-state index contributed by atoms with van der Waals surface area (Å²) in [6, 6.07) is 0. The fourth-order valence-electron chi connectivity index (χ4n) is 0.834. The quantitative estimate of drug-likeness (QED) is 0.338. The molecule has 0 aromatic rings. The van der Waals surface area contributed by atoms with E-state index in [1.807, 2.05) is 0 Å². The van der Waals surface area contributed by atoms with Gasteiger partial charge < -0.3 is 29.0 Å². The Morgan fingerprint density at radius 2 is 1.11 bits per heavy atom. The highest BCUT2D eigenvalue weighted by atomic mass is 31.2. The van der Waals surface area contributed by atoms with Crippen molar-refractivity contribution in [3.8, 4) is 0 Å². The summed E-state index contributed by atoms with van der Waals surface area (Å²) >= 11 is 0. The molecule has 19 heavy (non-hydrogen) atoms. The summed E-state index contributed by atoms with van der Waals surface area (Å²) in [5.74, 6) is -1.79. The second-order valence-electron chi connectivity index (χ2n) is 3.47. The average Bonchev–Trinajstić information content (AvgIpc) is 2.22. The highest BCUT2D eigenvalue weighted by Crippen LogP contribution is 2.34. The van der Waals surface area contributed by atoms with Crippen LogP contribution in [-0.2, 0) is 28.2 Å². The monoisotopic (exact) mass is 320 g/mol. The fourth-order valence-corrected chi connectivity index (χ4v) is 1.46. The van der Waals surface area contributed by atoms with Gasteiger partial charge in [0.2, 0.25) is 0 Å². The van der Waals surface area contributed by atoms with Crippen LogP contribution in [0.2, 0.25) is 0 Å². The standard InChI is InChI=1S/C7H14O10P2/c8-6(16-4-18(10,11)12)2-1-3-7(9)17-5-19(13,14)15/h1-5H2,(H2,10,11,12)(H2,13,14,15). The van der Waals surface area contributed by atoms with Crippen LogP contribution in [0, 0.1) is 0 Å². The summed E-state index contributed by atoms with van der Waals surface area (Å²) in [6.45, 7) is 0. The molecule has 0 aliphatic carbocycles. The topological polar surface area (TPSA) is 168 Å². The normalized spacial score (nSPS) is 12.0. The molecule has 0 aliphatic heterocycles. The zero-order valence-electron chi connectivity index (χ0n) is 9.67. The van der Waals surface area contributed by atoms with E-state index in [0.29, 0.717) is 0 Å². The van der Waals surface area contributed by atoms with E-state index in [2.05, 4.69) is 9.47 Å². The van der Waals surface area contributed by atoms with Crippen molar-refractivity contribution in [3.63, 3.8) is 0 Å². The molecule has 0 atom stereocenters. The van der Waals surface area contributed by atoms with Crippen molar-refractivity contribution in [2.45, 2.75) is 19.3 Å². The van der Waals surface area contributed by atoms with E-state index in [1.54, 1.807) is 0 Å². The summed E-state index contributed by atoms with van der Waals surface area (Å²) in [6.07, 6.45) is -2.64. The summed E-state index contributed by atoms with van der Waals surface area (Å²) < 4.78 is 29.2. The fraction of sp³-hybridized carbons (Fsp3) is 0.714. The molecule has 12 heteroatoms. The summed E-state index contributed by atoms with van der Waals surface area (Å²) in [7, 11) is -8.84. The Labute approximate surface area is 108 Å². The van der Waals surface area contributed by atoms with E-state index < -0.39 is 39.8 Å². The van der Waals surface area contributed by atoms with Gasteiger partial charge in [0.25, 0.3) is 0 Å². The van der Waals surface area contributed by atoms with Gasteiger partial charge in [-0.3, -0.25) is 18.7 Å². The minimum atomic E-state index is -4.42. The highest BCUT2D eigenvalue weighted by molar-refractivity contribution is 7.51. The third-order valence-electron chi connectivity index (χ3n) is 1.55. The van der Waals surface area contributed by atoms with Crippen molar-refractivity contribution in [1.82, 2.24) is 0 Å².